The van der Waals surface area contributed by atoms with Crippen LogP contribution >= 0.6 is 0 Å². The van der Waals surface area contributed by atoms with Crippen LogP contribution in [0.5, 0.6) is 0 Å². The predicted octanol–water partition coefficient (Wildman–Crippen LogP) is 6.81. The van der Waals surface area contributed by atoms with E-state index in [2.05, 4.69) is 38.1 Å². The molecule has 116 valence electrons. The van der Waals surface area contributed by atoms with E-state index in [0.717, 1.165) is 11.8 Å². The number of rotatable bonds is 3. The van der Waals surface area contributed by atoms with Gasteiger partial charge in [-0.05, 0) is 37.2 Å². The van der Waals surface area contributed by atoms with E-state index in [1.807, 2.05) is 27.7 Å². The number of benzene rings is 1. The lowest BCUT2D eigenvalue weighted by atomic mass is 9.80. The van der Waals surface area contributed by atoms with Crippen molar-refractivity contribution in [3.63, 3.8) is 0 Å². The van der Waals surface area contributed by atoms with Crippen LogP contribution in [-0.2, 0) is 6.42 Å². The Morgan fingerprint density at radius 2 is 1.35 bits per heavy atom. The molecule has 0 nitrogen and oxygen atoms in total. The van der Waals surface area contributed by atoms with Crippen LogP contribution in [0.4, 0.5) is 0 Å². The van der Waals surface area contributed by atoms with E-state index in [1.165, 1.54) is 49.7 Å². The second kappa shape index (κ2) is 12.0. The quantitative estimate of drug-likeness (QED) is 0.569. The second-order valence-corrected chi connectivity index (χ2v) is 5.65. The topological polar surface area (TPSA) is 0 Å². The highest BCUT2D eigenvalue weighted by atomic mass is 14.2. The van der Waals surface area contributed by atoms with Gasteiger partial charge in [0.1, 0.15) is 0 Å². The molecule has 1 aliphatic carbocycles. The highest BCUT2D eigenvalue weighted by Gasteiger charge is 2.17. The number of hydrogen-bond donors (Lipinski definition) is 0. The minimum Gasteiger partial charge on any atom is -0.0683 e. The summed E-state index contributed by atoms with van der Waals surface area (Å²) in [7, 11) is 0. The lowest BCUT2D eigenvalue weighted by Gasteiger charge is -2.26. The van der Waals surface area contributed by atoms with Crippen LogP contribution in [0.2, 0.25) is 0 Å². The fourth-order valence-electron chi connectivity index (χ4n) is 2.74. The molecule has 0 unspecified atom stereocenters. The van der Waals surface area contributed by atoms with E-state index in [1.54, 1.807) is 0 Å². The minimum absolute atomic E-state index is 0.982. The lowest BCUT2D eigenvalue weighted by molar-refractivity contribution is 0.278. The van der Waals surface area contributed by atoms with Crippen molar-refractivity contribution >= 4 is 0 Å². The second-order valence-electron chi connectivity index (χ2n) is 5.65. The Kier molecular flexibility index (Phi) is 11.5. The molecule has 1 aromatic rings. The van der Waals surface area contributed by atoms with Crippen LogP contribution < -0.4 is 0 Å². The summed E-state index contributed by atoms with van der Waals surface area (Å²) in [6, 6.07) is 9.05. The molecule has 1 fully saturated rings. The summed E-state index contributed by atoms with van der Waals surface area (Å²) in [5, 5.41) is 0. The third kappa shape index (κ3) is 7.72. The Labute approximate surface area is 128 Å². The highest BCUT2D eigenvalue weighted by molar-refractivity contribution is 5.21. The lowest BCUT2D eigenvalue weighted by Crippen LogP contribution is -2.12. The van der Waals surface area contributed by atoms with Gasteiger partial charge in [0, 0.05) is 0 Å². The van der Waals surface area contributed by atoms with Gasteiger partial charge in [-0.25, -0.2) is 0 Å². The van der Waals surface area contributed by atoms with Gasteiger partial charge in [0.25, 0.3) is 0 Å². The van der Waals surface area contributed by atoms with Crippen molar-refractivity contribution in [3.05, 3.63) is 35.4 Å². The summed E-state index contributed by atoms with van der Waals surface area (Å²) >= 11 is 0. The maximum Gasteiger partial charge on any atom is -0.0276 e. The molecule has 0 heterocycles. The van der Waals surface area contributed by atoms with Crippen LogP contribution in [0.15, 0.2) is 24.3 Å². The van der Waals surface area contributed by atoms with Gasteiger partial charge in [-0.15, -0.1) is 0 Å². The first-order valence-electron chi connectivity index (χ1n) is 8.79. The molecule has 0 aromatic heterocycles. The Morgan fingerprint density at radius 3 is 1.85 bits per heavy atom. The smallest absolute Gasteiger partial charge is 0.0276 e. The summed E-state index contributed by atoms with van der Waals surface area (Å²) in [6.45, 7) is 12.6. The molecule has 0 atom stereocenters. The minimum atomic E-state index is 0.982. The van der Waals surface area contributed by atoms with E-state index >= 15 is 0 Å². The van der Waals surface area contributed by atoms with Crippen LogP contribution in [0, 0.1) is 18.8 Å². The van der Waals surface area contributed by atoms with Gasteiger partial charge in [-0.3, -0.25) is 0 Å². The van der Waals surface area contributed by atoms with Gasteiger partial charge < -0.3 is 0 Å². The average molecular weight is 277 g/mol. The maximum absolute atomic E-state index is 2.40. The SMILES string of the molecule is CC.CC.Cc1ccc(CCC2CCC(C)CC2)cc1. The van der Waals surface area contributed by atoms with Gasteiger partial charge >= 0.3 is 0 Å². The molecule has 0 spiro atoms. The molecule has 0 heteroatoms. The Hall–Kier alpha value is -0.780. The molecule has 1 saturated carbocycles. The first kappa shape index (κ1) is 19.2. The fraction of sp³-hybridized carbons (Fsp3) is 0.700. The van der Waals surface area contributed by atoms with Crippen LogP contribution in [0.3, 0.4) is 0 Å². The monoisotopic (exact) mass is 276 g/mol. The average Bonchev–Trinajstić information content (AvgIpc) is 2.52. The van der Waals surface area contributed by atoms with Gasteiger partial charge in [0.2, 0.25) is 0 Å². The Morgan fingerprint density at radius 1 is 0.850 bits per heavy atom. The summed E-state index contributed by atoms with van der Waals surface area (Å²) in [6.07, 6.45) is 8.52. The first-order valence-corrected chi connectivity index (χ1v) is 8.79. The standard InChI is InChI=1S/C16H24.2C2H6/c1-13-3-7-15(8-4-13)11-12-16-9-5-14(2)6-10-16;2*1-2/h3-4,7-8,14,16H,5-6,9-12H2,1-2H3;2*1-2H3. The highest BCUT2D eigenvalue weighted by Crippen LogP contribution is 2.31. The molecule has 0 N–H and O–H groups in total. The van der Waals surface area contributed by atoms with Crippen molar-refractivity contribution in [3.8, 4) is 0 Å². The molecule has 20 heavy (non-hydrogen) atoms. The van der Waals surface area contributed by atoms with Gasteiger partial charge in [-0.2, -0.15) is 0 Å². The third-order valence-corrected chi connectivity index (χ3v) is 4.10. The number of aryl methyl sites for hydroxylation is 2. The van der Waals surface area contributed by atoms with E-state index in [0.29, 0.717) is 0 Å². The van der Waals surface area contributed by atoms with Crippen molar-refractivity contribution in [2.45, 2.75) is 80.1 Å². The molecular weight excluding hydrogens is 240 g/mol. The fourth-order valence-corrected chi connectivity index (χ4v) is 2.74. The predicted molar refractivity (Wildman–Crippen MR) is 93.3 cm³/mol. The van der Waals surface area contributed by atoms with E-state index < -0.39 is 0 Å². The van der Waals surface area contributed by atoms with Gasteiger partial charge in [-0.1, -0.05) is 90.1 Å². The third-order valence-electron chi connectivity index (χ3n) is 4.10. The van der Waals surface area contributed by atoms with Gasteiger partial charge in [0.15, 0.2) is 0 Å². The normalized spacial score (nSPS) is 21.1. The van der Waals surface area contributed by atoms with E-state index in [9.17, 15) is 0 Å². The molecule has 1 aliphatic rings. The van der Waals surface area contributed by atoms with Crippen molar-refractivity contribution < 1.29 is 0 Å². The van der Waals surface area contributed by atoms with Gasteiger partial charge in [0.05, 0.1) is 0 Å². The zero-order valence-electron chi connectivity index (χ0n) is 14.7. The molecule has 0 aliphatic heterocycles. The molecule has 0 radical (unpaired) electrons. The largest absolute Gasteiger partial charge is 0.0683 e. The summed E-state index contributed by atoms with van der Waals surface area (Å²) < 4.78 is 0. The van der Waals surface area contributed by atoms with Crippen LogP contribution in [-0.4, -0.2) is 0 Å². The molecule has 0 saturated heterocycles. The van der Waals surface area contributed by atoms with Crippen LogP contribution in [0.1, 0.15) is 77.8 Å². The summed E-state index contributed by atoms with van der Waals surface area (Å²) in [5.41, 5.74) is 2.89. The molecular formula is C20H36. The molecule has 0 amide bonds. The first-order chi connectivity index (χ1) is 9.74. The van der Waals surface area contributed by atoms with Crippen molar-refractivity contribution in [2.24, 2.45) is 11.8 Å². The molecule has 2 rings (SSSR count). The summed E-state index contributed by atoms with van der Waals surface area (Å²) in [4.78, 5) is 0. The number of hydrogen-bond acceptors (Lipinski definition) is 0. The Balaban J connectivity index is 0.000000829. The van der Waals surface area contributed by atoms with Crippen molar-refractivity contribution in [1.29, 1.82) is 0 Å². The van der Waals surface area contributed by atoms with Crippen LogP contribution in [0.25, 0.3) is 0 Å². The maximum atomic E-state index is 2.40. The zero-order chi connectivity index (χ0) is 15.4. The van der Waals surface area contributed by atoms with E-state index in [-0.39, 0.29) is 0 Å². The summed E-state index contributed by atoms with van der Waals surface area (Å²) in [5.74, 6) is 1.98. The molecule has 1 aromatic carbocycles. The Bertz CT molecular complexity index is 301. The van der Waals surface area contributed by atoms with E-state index in [4.69, 9.17) is 0 Å². The van der Waals surface area contributed by atoms with Crippen molar-refractivity contribution in [1.82, 2.24) is 0 Å². The zero-order valence-corrected chi connectivity index (χ0v) is 14.7. The van der Waals surface area contributed by atoms with Crippen molar-refractivity contribution in [2.75, 3.05) is 0 Å². The molecule has 0 bridgehead atoms.